The number of aryl methyl sites for hydroxylation is 1. The normalized spacial score (nSPS) is 15.2. The molecule has 1 aliphatic heterocycles. The summed E-state index contributed by atoms with van der Waals surface area (Å²) in [6.45, 7) is 2.80. The first-order valence-corrected chi connectivity index (χ1v) is 7.02. The summed E-state index contributed by atoms with van der Waals surface area (Å²) in [5.74, 6) is 0.122. The minimum absolute atomic E-state index is 0.189. The van der Waals surface area contributed by atoms with Crippen LogP contribution in [0.5, 0.6) is 0 Å². The fourth-order valence-electron chi connectivity index (χ4n) is 2.41. The van der Waals surface area contributed by atoms with Crippen LogP contribution in [0, 0.1) is 6.92 Å². The molecule has 0 N–H and O–H groups in total. The van der Waals surface area contributed by atoms with Gasteiger partial charge in [-0.3, -0.25) is 0 Å². The molecule has 0 aromatic carbocycles. The van der Waals surface area contributed by atoms with Crippen LogP contribution in [0.15, 0.2) is 16.7 Å². The van der Waals surface area contributed by atoms with Gasteiger partial charge in [0, 0.05) is 23.8 Å². The van der Waals surface area contributed by atoms with E-state index in [1.54, 1.807) is 6.20 Å². The average molecular weight is 362 g/mol. The van der Waals surface area contributed by atoms with E-state index in [0.29, 0.717) is 12.4 Å². The van der Waals surface area contributed by atoms with Crippen LogP contribution in [0.1, 0.15) is 17.2 Å². The largest absolute Gasteiger partial charge is 0.451 e. The van der Waals surface area contributed by atoms with E-state index in [9.17, 15) is 13.2 Å². The lowest BCUT2D eigenvalue weighted by atomic mass is 10.2. The van der Waals surface area contributed by atoms with E-state index in [-0.39, 0.29) is 13.1 Å². The molecule has 3 rings (SSSR count). The molecule has 21 heavy (non-hydrogen) atoms. The van der Waals surface area contributed by atoms with Gasteiger partial charge in [0.05, 0.1) is 6.54 Å². The number of halogens is 4. The molecule has 3 heterocycles. The van der Waals surface area contributed by atoms with Crippen molar-refractivity contribution in [1.82, 2.24) is 19.7 Å². The van der Waals surface area contributed by atoms with E-state index in [1.807, 2.05) is 17.9 Å². The predicted octanol–water partition coefficient (Wildman–Crippen LogP) is 2.78. The molecule has 0 atom stereocenters. The quantitative estimate of drug-likeness (QED) is 0.783. The van der Waals surface area contributed by atoms with Crippen LogP contribution in [-0.4, -0.2) is 26.3 Å². The fourth-order valence-corrected chi connectivity index (χ4v) is 2.86. The van der Waals surface area contributed by atoms with Gasteiger partial charge in [-0.2, -0.15) is 13.2 Å². The molecule has 2 aromatic rings. The Bertz CT molecular complexity index is 682. The van der Waals surface area contributed by atoms with Gasteiger partial charge in [0.15, 0.2) is 5.82 Å². The number of nitrogens with zero attached hydrogens (tertiary/aromatic N) is 5. The summed E-state index contributed by atoms with van der Waals surface area (Å²) in [4.78, 5) is 6.24. The van der Waals surface area contributed by atoms with Crippen molar-refractivity contribution in [3.63, 3.8) is 0 Å². The first kappa shape index (κ1) is 14.3. The lowest BCUT2D eigenvalue weighted by molar-refractivity contribution is -0.147. The molecule has 0 radical (unpaired) electrons. The molecule has 0 saturated carbocycles. The van der Waals surface area contributed by atoms with E-state index < -0.39 is 12.0 Å². The van der Waals surface area contributed by atoms with Gasteiger partial charge < -0.3 is 9.47 Å². The maximum atomic E-state index is 12.8. The Morgan fingerprint density at radius 3 is 2.67 bits per heavy atom. The topological polar surface area (TPSA) is 46.8 Å². The molecule has 1 aliphatic rings. The summed E-state index contributed by atoms with van der Waals surface area (Å²) in [5, 5.41) is 6.93. The van der Waals surface area contributed by atoms with Crippen LogP contribution in [0.2, 0.25) is 0 Å². The molecule has 9 heteroatoms. The molecule has 0 amide bonds. The SMILES string of the molecule is Cc1cc(Br)cnc1N1CCn2c(nnc2C(F)(F)F)C1. The molecule has 2 aromatic heterocycles. The standard InChI is InChI=1S/C12H11BrF3N5/c1-7-4-8(13)5-17-10(7)20-2-3-21-9(6-20)18-19-11(21)12(14,15)16/h4-5H,2-3,6H2,1H3. The summed E-state index contributed by atoms with van der Waals surface area (Å²) < 4.78 is 40.3. The zero-order valence-electron chi connectivity index (χ0n) is 11.0. The van der Waals surface area contributed by atoms with Crippen LogP contribution in [0.25, 0.3) is 0 Å². The monoisotopic (exact) mass is 361 g/mol. The number of rotatable bonds is 1. The number of hydrogen-bond acceptors (Lipinski definition) is 4. The third-order valence-corrected chi connectivity index (χ3v) is 3.76. The van der Waals surface area contributed by atoms with Crippen molar-refractivity contribution in [3.05, 3.63) is 33.9 Å². The van der Waals surface area contributed by atoms with Gasteiger partial charge in [0.2, 0.25) is 5.82 Å². The van der Waals surface area contributed by atoms with Gasteiger partial charge in [0.25, 0.3) is 0 Å². The third-order valence-electron chi connectivity index (χ3n) is 3.32. The highest BCUT2D eigenvalue weighted by Crippen LogP contribution is 2.30. The maximum absolute atomic E-state index is 12.8. The molecule has 0 aliphatic carbocycles. The lowest BCUT2D eigenvalue weighted by Crippen LogP contribution is -2.36. The second-order valence-electron chi connectivity index (χ2n) is 4.80. The second-order valence-corrected chi connectivity index (χ2v) is 5.72. The van der Waals surface area contributed by atoms with Crippen molar-refractivity contribution in [2.75, 3.05) is 11.4 Å². The number of anilines is 1. The molecule has 112 valence electrons. The number of pyridine rings is 1. The van der Waals surface area contributed by atoms with Gasteiger partial charge in [-0.05, 0) is 34.5 Å². The lowest BCUT2D eigenvalue weighted by Gasteiger charge is -2.29. The van der Waals surface area contributed by atoms with Gasteiger partial charge in [-0.25, -0.2) is 4.98 Å². The first-order chi connectivity index (χ1) is 9.86. The van der Waals surface area contributed by atoms with E-state index in [4.69, 9.17) is 0 Å². The van der Waals surface area contributed by atoms with Crippen LogP contribution in [0.3, 0.4) is 0 Å². The number of aromatic nitrogens is 4. The highest BCUT2D eigenvalue weighted by Gasteiger charge is 2.39. The third kappa shape index (κ3) is 2.61. The number of alkyl halides is 3. The summed E-state index contributed by atoms with van der Waals surface area (Å²) >= 11 is 3.34. The van der Waals surface area contributed by atoms with Crippen molar-refractivity contribution in [2.45, 2.75) is 26.2 Å². The Morgan fingerprint density at radius 1 is 1.24 bits per heavy atom. The summed E-state index contributed by atoms with van der Waals surface area (Å²) in [6.07, 6.45) is -2.80. The Labute approximate surface area is 126 Å². The summed E-state index contributed by atoms with van der Waals surface area (Å²) in [7, 11) is 0. The van der Waals surface area contributed by atoms with Crippen molar-refractivity contribution in [3.8, 4) is 0 Å². The molecule has 0 unspecified atom stereocenters. The first-order valence-electron chi connectivity index (χ1n) is 6.22. The van der Waals surface area contributed by atoms with Crippen LogP contribution in [0.4, 0.5) is 19.0 Å². The van der Waals surface area contributed by atoms with Crippen LogP contribution >= 0.6 is 15.9 Å². The predicted molar refractivity (Wildman–Crippen MR) is 72.7 cm³/mol. The highest BCUT2D eigenvalue weighted by molar-refractivity contribution is 9.10. The minimum atomic E-state index is -4.47. The molecule has 0 bridgehead atoms. The highest BCUT2D eigenvalue weighted by atomic mass is 79.9. The zero-order chi connectivity index (χ0) is 15.2. The molecule has 0 saturated heterocycles. The van der Waals surface area contributed by atoms with E-state index in [1.165, 1.54) is 0 Å². The van der Waals surface area contributed by atoms with Crippen LogP contribution in [-0.2, 0) is 19.3 Å². The molecule has 0 spiro atoms. The molecular formula is C12H11BrF3N5. The fraction of sp³-hybridized carbons (Fsp3) is 0.417. The van der Waals surface area contributed by atoms with Gasteiger partial charge in [-0.15, -0.1) is 10.2 Å². The van der Waals surface area contributed by atoms with Crippen molar-refractivity contribution >= 4 is 21.7 Å². The minimum Gasteiger partial charge on any atom is -0.347 e. The maximum Gasteiger partial charge on any atom is 0.451 e. The van der Waals surface area contributed by atoms with Crippen molar-refractivity contribution < 1.29 is 13.2 Å². The van der Waals surface area contributed by atoms with Gasteiger partial charge in [0.1, 0.15) is 5.82 Å². The molecular weight excluding hydrogens is 351 g/mol. The van der Waals surface area contributed by atoms with Crippen molar-refractivity contribution in [2.24, 2.45) is 0 Å². The molecule has 0 fully saturated rings. The molecule has 5 nitrogen and oxygen atoms in total. The Balaban J connectivity index is 1.90. The number of hydrogen-bond donors (Lipinski definition) is 0. The second kappa shape index (κ2) is 4.97. The summed E-state index contributed by atoms with van der Waals surface area (Å²) in [5.41, 5.74) is 0.952. The van der Waals surface area contributed by atoms with E-state index in [0.717, 1.165) is 20.4 Å². The van der Waals surface area contributed by atoms with Crippen molar-refractivity contribution in [1.29, 1.82) is 0 Å². The smallest absolute Gasteiger partial charge is 0.347 e. The Morgan fingerprint density at radius 2 is 2.00 bits per heavy atom. The van der Waals surface area contributed by atoms with E-state index in [2.05, 4.69) is 31.1 Å². The van der Waals surface area contributed by atoms with Gasteiger partial charge >= 0.3 is 6.18 Å². The average Bonchev–Trinajstić information content (AvgIpc) is 2.81. The number of fused-ring (bicyclic) bond motifs is 1. The van der Waals surface area contributed by atoms with Gasteiger partial charge in [-0.1, -0.05) is 0 Å². The van der Waals surface area contributed by atoms with Crippen LogP contribution < -0.4 is 4.90 Å². The van der Waals surface area contributed by atoms with E-state index >= 15 is 0 Å². The zero-order valence-corrected chi connectivity index (χ0v) is 12.6. The summed E-state index contributed by atoms with van der Waals surface area (Å²) in [6, 6.07) is 1.92. The Hall–Kier alpha value is -1.64. The Kier molecular flexibility index (Phi) is 3.39.